The molecule has 0 bridgehead atoms. The number of primary amides is 1. The highest BCUT2D eigenvalue weighted by Crippen LogP contribution is 2.26. The van der Waals surface area contributed by atoms with E-state index in [1.165, 1.54) is 16.8 Å². The minimum atomic E-state index is -3.84. The molecule has 0 atom stereocenters. The number of carbonyl (C=O) groups excluding carboxylic acids is 1. The smallest absolute Gasteiger partial charge is 0.262 e. The summed E-state index contributed by atoms with van der Waals surface area (Å²) in [5.74, 6) is -0.512. The number of nitrogens with zero attached hydrogens (tertiary/aromatic N) is 2. The van der Waals surface area contributed by atoms with Crippen LogP contribution < -0.4 is 15.4 Å². The molecule has 1 aliphatic heterocycles. The molecule has 38 heavy (non-hydrogen) atoms. The molecule has 0 aliphatic carbocycles. The fourth-order valence-corrected chi connectivity index (χ4v) is 6.44. The van der Waals surface area contributed by atoms with E-state index in [0.717, 1.165) is 50.3 Å². The number of sulfonamides is 1. The number of hydrogen-bond acceptors (Lipinski definition) is 5. The van der Waals surface area contributed by atoms with E-state index in [0.29, 0.717) is 17.7 Å². The molecule has 0 aromatic heterocycles. The molecule has 0 saturated carbocycles. The van der Waals surface area contributed by atoms with Crippen LogP contribution in [0.15, 0.2) is 65.6 Å². The molecule has 1 aliphatic rings. The third-order valence-corrected chi connectivity index (χ3v) is 8.60. The first-order valence-corrected chi connectivity index (χ1v) is 14.6. The lowest BCUT2D eigenvalue weighted by Gasteiger charge is -2.37. The molecule has 3 aromatic rings. The molecule has 0 unspecified atom stereocenters. The highest BCUT2D eigenvalue weighted by Gasteiger charge is 2.22. The molecule has 1 heterocycles. The highest BCUT2D eigenvalue weighted by molar-refractivity contribution is 7.92. The lowest BCUT2D eigenvalue weighted by molar-refractivity contribution is -0.117. The minimum Gasteiger partial charge on any atom is -0.369 e. The molecular weight excluding hydrogens is 496 g/mol. The lowest BCUT2D eigenvalue weighted by Crippen LogP contribution is -2.46. The molecular formula is C30H38N4O3S. The number of nitrogens with two attached hydrogens (primary N) is 1. The van der Waals surface area contributed by atoms with Crippen LogP contribution in [-0.4, -0.2) is 51.9 Å². The Bertz CT molecular complexity index is 1400. The van der Waals surface area contributed by atoms with Gasteiger partial charge in [0.15, 0.2) is 0 Å². The first kappa shape index (κ1) is 27.7. The van der Waals surface area contributed by atoms with Crippen LogP contribution in [0.5, 0.6) is 0 Å². The van der Waals surface area contributed by atoms with Crippen LogP contribution in [0.25, 0.3) is 0 Å². The third kappa shape index (κ3) is 6.94. The van der Waals surface area contributed by atoms with Crippen molar-refractivity contribution >= 4 is 27.3 Å². The van der Waals surface area contributed by atoms with Crippen LogP contribution in [0.3, 0.4) is 0 Å². The van der Waals surface area contributed by atoms with Gasteiger partial charge in [0.25, 0.3) is 10.0 Å². The second kappa shape index (κ2) is 12.0. The maximum Gasteiger partial charge on any atom is 0.262 e. The van der Waals surface area contributed by atoms with E-state index in [2.05, 4.69) is 46.6 Å². The number of amides is 1. The van der Waals surface area contributed by atoms with Gasteiger partial charge in [0.2, 0.25) is 5.91 Å². The molecule has 8 heteroatoms. The summed E-state index contributed by atoms with van der Waals surface area (Å²) in [5, 5.41) is 0. The van der Waals surface area contributed by atoms with Gasteiger partial charge in [0.1, 0.15) is 0 Å². The molecule has 0 radical (unpaired) electrons. The number of piperazine rings is 1. The van der Waals surface area contributed by atoms with Crippen molar-refractivity contribution in [2.75, 3.05) is 42.3 Å². The van der Waals surface area contributed by atoms with E-state index in [-0.39, 0.29) is 11.3 Å². The highest BCUT2D eigenvalue weighted by atomic mass is 32.2. The molecule has 0 spiro atoms. The number of para-hydroxylation sites is 1. The Kier molecular flexibility index (Phi) is 8.74. The normalized spacial score (nSPS) is 14.4. The summed E-state index contributed by atoms with van der Waals surface area (Å²) in [5.41, 5.74) is 12.0. The van der Waals surface area contributed by atoms with Crippen molar-refractivity contribution < 1.29 is 13.2 Å². The summed E-state index contributed by atoms with van der Waals surface area (Å²) in [6.45, 7) is 11.2. The Morgan fingerprint density at radius 3 is 2.32 bits per heavy atom. The van der Waals surface area contributed by atoms with E-state index >= 15 is 0 Å². The standard InChI is InChI=1S/C30H38N4O3S/c1-22-11-13-29(38(36,37)32-27-9-5-4-7-25(27)21-30(31)35)26(19-22)8-6-14-33-15-17-34(18-16-33)28-20-23(2)10-12-24(28)3/h4-5,7,9-13,19-20,32H,6,8,14-18,21H2,1-3H3,(H2,31,35). The molecule has 1 amide bonds. The molecule has 202 valence electrons. The number of anilines is 2. The van der Waals surface area contributed by atoms with Crippen LogP contribution >= 0.6 is 0 Å². The van der Waals surface area contributed by atoms with Gasteiger partial charge in [0, 0.05) is 31.9 Å². The number of hydrogen-bond donors (Lipinski definition) is 2. The number of benzene rings is 3. The van der Waals surface area contributed by atoms with Gasteiger partial charge in [-0.3, -0.25) is 14.4 Å². The number of carbonyl (C=O) groups is 1. The van der Waals surface area contributed by atoms with Crippen LogP contribution in [0.4, 0.5) is 11.4 Å². The SMILES string of the molecule is Cc1ccc(S(=O)(=O)Nc2ccccc2CC(N)=O)c(CCCN2CCN(c3cc(C)ccc3C)CC2)c1. The Labute approximate surface area is 226 Å². The second-order valence-electron chi connectivity index (χ2n) is 10.2. The lowest BCUT2D eigenvalue weighted by atomic mass is 10.1. The molecule has 3 N–H and O–H groups in total. The van der Waals surface area contributed by atoms with Crippen LogP contribution in [-0.2, 0) is 27.7 Å². The van der Waals surface area contributed by atoms with Gasteiger partial charge >= 0.3 is 0 Å². The van der Waals surface area contributed by atoms with Gasteiger partial charge in [-0.05, 0) is 80.6 Å². The average Bonchev–Trinajstić information content (AvgIpc) is 2.87. The van der Waals surface area contributed by atoms with Gasteiger partial charge < -0.3 is 10.6 Å². The van der Waals surface area contributed by atoms with Crippen molar-refractivity contribution in [2.45, 2.75) is 44.9 Å². The average molecular weight is 535 g/mol. The van der Waals surface area contributed by atoms with E-state index in [9.17, 15) is 13.2 Å². The van der Waals surface area contributed by atoms with Gasteiger partial charge in [-0.15, -0.1) is 0 Å². The van der Waals surface area contributed by atoms with E-state index < -0.39 is 15.9 Å². The minimum absolute atomic E-state index is 0.0316. The summed E-state index contributed by atoms with van der Waals surface area (Å²) in [6.07, 6.45) is 1.50. The fraction of sp³-hybridized carbons (Fsp3) is 0.367. The predicted molar refractivity (Wildman–Crippen MR) is 154 cm³/mol. The molecule has 4 rings (SSSR count). The number of aryl methyl sites for hydroxylation is 4. The van der Waals surface area contributed by atoms with Gasteiger partial charge in [-0.2, -0.15) is 0 Å². The molecule has 1 saturated heterocycles. The maximum absolute atomic E-state index is 13.4. The van der Waals surface area contributed by atoms with Crippen molar-refractivity contribution in [3.63, 3.8) is 0 Å². The Morgan fingerprint density at radius 1 is 0.895 bits per heavy atom. The summed E-state index contributed by atoms with van der Waals surface area (Å²) in [7, 11) is -3.84. The Morgan fingerprint density at radius 2 is 1.58 bits per heavy atom. The van der Waals surface area contributed by atoms with Gasteiger partial charge in [-0.25, -0.2) is 8.42 Å². The third-order valence-electron chi connectivity index (χ3n) is 7.13. The Balaban J connectivity index is 1.39. The van der Waals surface area contributed by atoms with Gasteiger partial charge in [0.05, 0.1) is 17.0 Å². The van der Waals surface area contributed by atoms with E-state index in [1.54, 1.807) is 30.3 Å². The van der Waals surface area contributed by atoms with Crippen LogP contribution in [0.1, 0.15) is 34.2 Å². The second-order valence-corrected chi connectivity index (χ2v) is 11.9. The predicted octanol–water partition coefficient (Wildman–Crippen LogP) is 4.20. The van der Waals surface area contributed by atoms with E-state index in [1.807, 2.05) is 19.1 Å². The quantitative estimate of drug-likeness (QED) is 0.407. The summed E-state index contributed by atoms with van der Waals surface area (Å²) >= 11 is 0. The van der Waals surface area contributed by atoms with Crippen molar-refractivity contribution in [1.82, 2.24) is 4.90 Å². The van der Waals surface area contributed by atoms with Crippen molar-refractivity contribution in [3.8, 4) is 0 Å². The zero-order valence-corrected chi connectivity index (χ0v) is 23.4. The zero-order valence-electron chi connectivity index (χ0n) is 22.5. The summed E-state index contributed by atoms with van der Waals surface area (Å²) in [4.78, 5) is 16.7. The first-order valence-electron chi connectivity index (χ1n) is 13.2. The van der Waals surface area contributed by atoms with Crippen molar-refractivity contribution in [2.24, 2.45) is 5.73 Å². The summed E-state index contributed by atoms with van der Waals surface area (Å²) < 4.78 is 29.5. The number of rotatable bonds is 10. The van der Waals surface area contributed by atoms with Crippen LogP contribution in [0.2, 0.25) is 0 Å². The Hall–Kier alpha value is -3.36. The summed E-state index contributed by atoms with van der Waals surface area (Å²) in [6, 6.07) is 18.9. The molecule has 7 nitrogen and oxygen atoms in total. The molecule has 1 fully saturated rings. The monoisotopic (exact) mass is 534 g/mol. The maximum atomic E-state index is 13.4. The molecule has 3 aromatic carbocycles. The fourth-order valence-electron chi connectivity index (χ4n) is 5.09. The topological polar surface area (TPSA) is 95.7 Å². The first-order chi connectivity index (χ1) is 18.1. The largest absolute Gasteiger partial charge is 0.369 e. The van der Waals surface area contributed by atoms with Crippen molar-refractivity contribution in [1.29, 1.82) is 0 Å². The number of nitrogens with one attached hydrogen (secondary N) is 1. The van der Waals surface area contributed by atoms with E-state index in [4.69, 9.17) is 5.73 Å². The van der Waals surface area contributed by atoms with Gasteiger partial charge in [-0.1, -0.05) is 48.0 Å². The van der Waals surface area contributed by atoms with Crippen LogP contribution in [0, 0.1) is 20.8 Å². The zero-order chi connectivity index (χ0) is 27.3. The van der Waals surface area contributed by atoms with Crippen molar-refractivity contribution in [3.05, 3.63) is 88.5 Å².